The first-order valence-corrected chi connectivity index (χ1v) is 22.1. The zero-order valence-electron chi connectivity index (χ0n) is 36.5. The number of hydrogen-bond acceptors (Lipinski definition) is 1. The molecule has 0 fully saturated rings. The highest BCUT2D eigenvalue weighted by Crippen LogP contribution is 2.62. The second-order valence-electron chi connectivity index (χ2n) is 20.1. The molecule has 61 heavy (non-hydrogen) atoms. The van der Waals surface area contributed by atoms with Crippen LogP contribution in [0.1, 0.15) is 99.9 Å². The lowest BCUT2D eigenvalue weighted by molar-refractivity contribution is 0.639. The molecule has 0 saturated carbocycles. The average molecular weight is 786 g/mol. The Morgan fingerprint density at radius 1 is 0.262 bits per heavy atom. The normalized spacial score (nSPS) is 16.7. The maximum absolute atomic E-state index is 2.58. The van der Waals surface area contributed by atoms with E-state index in [0.717, 1.165) is 0 Å². The fourth-order valence-corrected chi connectivity index (χ4v) is 12.2. The number of benzene rings is 8. The van der Waals surface area contributed by atoms with E-state index in [1.54, 1.807) is 0 Å². The fraction of sp³-hybridized carbons (Fsp3) is 0.200. The lowest BCUT2D eigenvalue weighted by Gasteiger charge is -2.30. The minimum Gasteiger partial charge on any atom is -0.310 e. The van der Waals surface area contributed by atoms with Gasteiger partial charge < -0.3 is 4.90 Å². The molecule has 0 N–H and O–H groups in total. The van der Waals surface area contributed by atoms with Crippen LogP contribution in [0.25, 0.3) is 55.6 Å². The molecule has 0 aromatic heterocycles. The highest BCUT2D eigenvalue weighted by atomic mass is 15.1. The molecule has 12 rings (SSSR count). The van der Waals surface area contributed by atoms with E-state index in [0.29, 0.717) is 0 Å². The van der Waals surface area contributed by atoms with Gasteiger partial charge in [-0.25, -0.2) is 0 Å². The summed E-state index contributed by atoms with van der Waals surface area (Å²) >= 11 is 0. The molecule has 0 saturated heterocycles. The topological polar surface area (TPSA) is 3.24 Å². The van der Waals surface area contributed by atoms with Gasteiger partial charge in [0.15, 0.2) is 0 Å². The number of anilines is 3. The van der Waals surface area contributed by atoms with Crippen molar-refractivity contribution < 1.29 is 0 Å². The smallest absolute Gasteiger partial charge is 0.0468 e. The van der Waals surface area contributed by atoms with Crippen LogP contribution in [-0.4, -0.2) is 0 Å². The van der Waals surface area contributed by atoms with Crippen molar-refractivity contribution in [1.82, 2.24) is 0 Å². The molecule has 8 aromatic carbocycles. The summed E-state index contributed by atoms with van der Waals surface area (Å²) in [5.41, 5.74) is 27.6. The van der Waals surface area contributed by atoms with Gasteiger partial charge in [0, 0.05) is 38.7 Å². The van der Waals surface area contributed by atoms with Crippen molar-refractivity contribution in [3.8, 4) is 55.6 Å². The predicted octanol–water partition coefficient (Wildman–Crippen LogP) is 16.0. The summed E-state index contributed by atoms with van der Waals surface area (Å²) in [6.45, 7) is 19.2. The SMILES string of the molecule is CC1(C)c2ccccc2-c2ccc(N(c3ccc4c(c3)-c3c(cc5c(c3-c3ccccc3)-c3ccccc3C5(C)C)C4(C)C)c3ccc4c(c3)C(C)(C)c3ccccc3-4)cc21. The molecular formula is C60H51N. The standard InChI is InChI=1S/C60H51N/c1-57(2)46-23-15-12-20-40(46)42-29-26-38(33-50(42)57)61(39-27-30-43-41-21-13-16-24-47(41)58(3,4)51(43)34-39)37-28-31-49-45(32-37)56-53(60(49,7)8)35-52-55(54(56)36-18-10-9-11-19-36)44-22-14-17-25-48(44)59(52,5)6/h9-35H,1-8H3. The maximum atomic E-state index is 2.58. The monoisotopic (exact) mass is 785 g/mol. The summed E-state index contributed by atoms with van der Waals surface area (Å²) in [6, 6.07) is 62.6. The van der Waals surface area contributed by atoms with Gasteiger partial charge in [-0.2, -0.15) is 0 Å². The molecule has 0 atom stereocenters. The molecule has 1 heteroatoms. The molecule has 0 unspecified atom stereocenters. The Kier molecular flexibility index (Phi) is 7.23. The lowest BCUT2D eigenvalue weighted by atomic mass is 9.76. The Morgan fingerprint density at radius 3 is 1.18 bits per heavy atom. The van der Waals surface area contributed by atoms with Gasteiger partial charge in [-0.15, -0.1) is 0 Å². The van der Waals surface area contributed by atoms with Gasteiger partial charge in [0.1, 0.15) is 0 Å². The molecule has 0 aliphatic heterocycles. The van der Waals surface area contributed by atoms with Crippen molar-refractivity contribution in [2.45, 2.75) is 77.0 Å². The number of fused-ring (bicyclic) bond motifs is 12. The van der Waals surface area contributed by atoms with Crippen LogP contribution in [0.2, 0.25) is 0 Å². The number of rotatable bonds is 4. The fourth-order valence-electron chi connectivity index (χ4n) is 12.2. The van der Waals surface area contributed by atoms with Crippen LogP contribution in [0.5, 0.6) is 0 Å². The third-order valence-corrected chi connectivity index (χ3v) is 15.5. The van der Waals surface area contributed by atoms with Gasteiger partial charge in [-0.05, 0) is 137 Å². The predicted molar refractivity (Wildman–Crippen MR) is 257 cm³/mol. The molecule has 0 spiro atoms. The Labute approximate surface area is 361 Å². The van der Waals surface area contributed by atoms with Gasteiger partial charge >= 0.3 is 0 Å². The van der Waals surface area contributed by atoms with Crippen molar-refractivity contribution in [2.75, 3.05) is 4.90 Å². The zero-order chi connectivity index (χ0) is 41.8. The molecule has 4 aliphatic rings. The van der Waals surface area contributed by atoms with E-state index in [1.807, 2.05) is 0 Å². The summed E-state index contributed by atoms with van der Waals surface area (Å²) in [5.74, 6) is 0. The summed E-state index contributed by atoms with van der Waals surface area (Å²) in [4.78, 5) is 2.54. The first-order valence-electron chi connectivity index (χ1n) is 22.1. The highest BCUT2D eigenvalue weighted by molar-refractivity contribution is 6.05. The Hall–Kier alpha value is -6.44. The van der Waals surface area contributed by atoms with Crippen molar-refractivity contribution >= 4 is 17.1 Å². The Bertz CT molecular complexity index is 3080. The van der Waals surface area contributed by atoms with Crippen LogP contribution < -0.4 is 4.90 Å². The van der Waals surface area contributed by atoms with Crippen molar-refractivity contribution in [3.05, 3.63) is 208 Å². The van der Waals surface area contributed by atoms with Crippen LogP contribution in [0.3, 0.4) is 0 Å². The minimum absolute atomic E-state index is 0.112. The first kappa shape index (κ1) is 36.4. The second kappa shape index (κ2) is 12.1. The van der Waals surface area contributed by atoms with Crippen molar-refractivity contribution in [1.29, 1.82) is 0 Å². The quantitative estimate of drug-likeness (QED) is 0.172. The lowest BCUT2D eigenvalue weighted by Crippen LogP contribution is -2.19. The third kappa shape index (κ3) is 4.73. The van der Waals surface area contributed by atoms with E-state index in [9.17, 15) is 0 Å². The molecule has 0 bridgehead atoms. The number of hydrogen-bond donors (Lipinski definition) is 0. The average Bonchev–Trinajstić information content (AvgIpc) is 3.83. The summed E-state index contributed by atoms with van der Waals surface area (Å²) in [6.07, 6.45) is 0. The molecule has 1 nitrogen and oxygen atoms in total. The van der Waals surface area contributed by atoms with Gasteiger partial charge in [0.05, 0.1) is 0 Å². The first-order chi connectivity index (χ1) is 29.3. The molecule has 0 radical (unpaired) electrons. The second-order valence-corrected chi connectivity index (χ2v) is 20.1. The number of nitrogens with zero attached hydrogens (tertiary/aromatic N) is 1. The maximum Gasteiger partial charge on any atom is 0.0468 e. The summed E-state index contributed by atoms with van der Waals surface area (Å²) in [7, 11) is 0. The minimum atomic E-state index is -0.190. The summed E-state index contributed by atoms with van der Waals surface area (Å²) in [5, 5.41) is 0. The molecule has 4 aliphatic carbocycles. The van der Waals surface area contributed by atoms with E-state index >= 15 is 0 Å². The van der Waals surface area contributed by atoms with E-state index < -0.39 is 0 Å². The van der Waals surface area contributed by atoms with E-state index in [4.69, 9.17) is 0 Å². The van der Waals surface area contributed by atoms with E-state index in [1.165, 1.54) is 117 Å². The van der Waals surface area contributed by atoms with Crippen LogP contribution in [0.4, 0.5) is 17.1 Å². The van der Waals surface area contributed by atoms with Crippen molar-refractivity contribution in [3.63, 3.8) is 0 Å². The van der Waals surface area contributed by atoms with Gasteiger partial charge in [-0.1, -0.05) is 183 Å². The summed E-state index contributed by atoms with van der Waals surface area (Å²) < 4.78 is 0. The van der Waals surface area contributed by atoms with Crippen molar-refractivity contribution in [2.24, 2.45) is 0 Å². The van der Waals surface area contributed by atoms with E-state index in [-0.39, 0.29) is 21.7 Å². The third-order valence-electron chi connectivity index (χ3n) is 15.5. The molecule has 0 amide bonds. The van der Waals surface area contributed by atoms with Crippen LogP contribution in [0.15, 0.2) is 164 Å². The Morgan fingerprint density at radius 2 is 0.639 bits per heavy atom. The van der Waals surface area contributed by atoms with E-state index in [2.05, 4.69) is 224 Å². The molecular weight excluding hydrogens is 735 g/mol. The zero-order valence-corrected chi connectivity index (χ0v) is 36.5. The van der Waals surface area contributed by atoms with Gasteiger partial charge in [-0.3, -0.25) is 0 Å². The Balaban J connectivity index is 1.12. The van der Waals surface area contributed by atoms with Gasteiger partial charge in [0.2, 0.25) is 0 Å². The van der Waals surface area contributed by atoms with Crippen LogP contribution in [0, 0.1) is 0 Å². The molecule has 0 heterocycles. The molecule has 8 aromatic rings. The molecule has 296 valence electrons. The largest absolute Gasteiger partial charge is 0.310 e. The van der Waals surface area contributed by atoms with Crippen LogP contribution >= 0.6 is 0 Å². The van der Waals surface area contributed by atoms with Crippen LogP contribution in [-0.2, 0) is 21.7 Å². The van der Waals surface area contributed by atoms with Gasteiger partial charge in [0.25, 0.3) is 0 Å². The highest BCUT2D eigenvalue weighted by Gasteiger charge is 2.45.